The number of carbonyl (C=O) groups is 1. The lowest BCUT2D eigenvalue weighted by molar-refractivity contribution is -0.135. The highest BCUT2D eigenvalue weighted by Crippen LogP contribution is 2.21. The summed E-state index contributed by atoms with van der Waals surface area (Å²) in [5.41, 5.74) is 1.03. The monoisotopic (exact) mass is 403 g/mol. The van der Waals surface area contributed by atoms with Crippen LogP contribution in [0.25, 0.3) is 0 Å². The van der Waals surface area contributed by atoms with Crippen LogP contribution < -0.4 is 10.6 Å². The molecule has 2 N–H and O–H groups in total. The first kappa shape index (κ1) is 21.1. The van der Waals surface area contributed by atoms with Gasteiger partial charge in [-0.1, -0.05) is 17.7 Å². The summed E-state index contributed by atoms with van der Waals surface area (Å²) in [6, 6.07) is 6.89. The number of aryl methyl sites for hydroxylation is 1. The molecule has 2 saturated heterocycles. The minimum absolute atomic E-state index is 0. The van der Waals surface area contributed by atoms with E-state index < -0.39 is 16.1 Å². The molecule has 2 fully saturated rings. The Labute approximate surface area is 160 Å². The summed E-state index contributed by atoms with van der Waals surface area (Å²) in [5, 5.41) is 6.11. The summed E-state index contributed by atoms with van der Waals surface area (Å²) in [7, 11) is -3.47. The van der Waals surface area contributed by atoms with Crippen LogP contribution >= 0.6 is 12.4 Å². The van der Waals surface area contributed by atoms with Gasteiger partial charge in [-0.15, -0.1) is 12.4 Å². The molecule has 0 saturated carbocycles. The van der Waals surface area contributed by atoms with Gasteiger partial charge in [-0.25, -0.2) is 8.42 Å². The second-order valence-electron chi connectivity index (χ2n) is 6.56. The van der Waals surface area contributed by atoms with Gasteiger partial charge >= 0.3 is 0 Å². The van der Waals surface area contributed by atoms with E-state index in [2.05, 4.69) is 10.6 Å². The SMILES string of the molecule is Cc1ccc(S(=O)(=O)N2CCC(NC(=O)C3CNCCO3)CC2)cc1.Cl. The van der Waals surface area contributed by atoms with E-state index in [0.717, 1.165) is 12.1 Å². The smallest absolute Gasteiger partial charge is 0.250 e. The Morgan fingerprint density at radius 1 is 1.23 bits per heavy atom. The van der Waals surface area contributed by atoms with E-state index in [-0.39, 0.29) is 24.4 Å². The number of sulfonamides is 1. The van der Waals surface area contributed by atoms with Crippen LogP contribution in [0.2, 0.25) is 0 Å². The van der Waals surface area contributed by atoms with Crippen molar-refractivity contribution >= 4 is 28.3 Å². The summed E-state index contributed by atoms with van der Waals surface area (Å²) >= 11 is 0. The number of carbonyl (C=O) groups excluding carboxylic acids is 1. The van der Waals surface area contributed by atoms with E-state index in [1.807, 2.05) is 6.92 Å². The van der Waals surface area contributed by atoms with Crippen LogP contribution in [0.3, 0.4) is 0 Å². The first-order valence-corrected chi connectivity index (χ1v) is 10.1. The minimum atomic E-state index is -3.47. The first-order valence-electron chi connectivity index (χ1n) is 8.66. The summed E-state index contributed by atoms with van der Waals surface area (Å²) in [6.45, 7) is 4.56. The molecule has 1 unspecified atom stereocenters. The van der Waals surface area contributed by atoms with E-state index in [1.54, 1.807) is 24.3 Å². The third kappa shape index (κ3) is 4.95. The van der Waals surface area contributed by atoms with Crippen molar-refractivity contribution in [2.45, 2.75) is 36.8 Å². The Balaban J connectivity index is 0.00000243. The van der Waals surface area contributed by atoms with E-state index >= 15 is 0 Å². The zero-order valence-corrected chi connectivity index (χ0v) is 16.4. The second kappa shape index (κ2) is 9.14. The van der Waals surface area contributed by atoms with Gasteiger partial charge in [0.05, 0.1) is 11.5 Å². The number of hydrogen-bond donors (Lipinski definition) is 2. The molecule has 2 aliphatic heterocycles. The lowest BCUT2D eigenvalue weighted by atomic mass is 10.1. The highest BCUT2D eigenvalue weighted by Gasteiger charge is 2.31. The Hall–Kier alpha value is -1.19. The predicted molar refractivity (Wildman–Crippen MR) is 101 cm³/mol. The summed E-state index contributed by atoms with van der Waals surface area (Å²) < 4.78 is 32.3. The minimum Gasteiger partial charge on any atom is -0.366 e. The molecule has 0 spiro atoms. The summed E-state index contributed by atoms with van der Waals surface area (Å²) in [5.74, 6) is -0.118. The molecule has 146 valence electrons. The molecule has 0 radical (unpaired) electrons. The zero-order chi connectivity index (χ0) is 17.9. The molecule has 2 heterocycles. The van der Waals surface area contributed by atoms with Crippen molar-refractivity contribution < 1.29 is 17.9 Å². The van der Waals surface area contributed by atoms with Gasteiger partial charge in [-0.3, -0.25) is 4.79 Å². The van der Waals surface area contributed by atoms with Crippen molar-refractivity contribution in [3.63, 3.8) is 0 Å². The molecule has 1 atom stereocenters. The lowest BCUT2D eigenvalue weighted by Crippen LogP contribution is -2.52. The van der Waals surface area contributed by atoms with Crippen LogP contribution in [0.1, 0.15) is 18.4 Å². The normalized spacial score (nSPS) is 22.4. The van der Waals surface area contributed by atoms with Crippen molar-refractivity contribution in [1.29, 1.82) is 0 Å². The molecular formula is C17H26ClN3O4S. The maximum atomic E-state index is 12.7. The highest BCUT2D eigenvalue weighted by molar-refractivity contribution is 7.89. The number of amides is 1. The Bertz CT molecular complexity index is 697. The first-order chi connectivity index (χ1) is 12.0. The van der Waals surface area contributed by atoms with E-state index in [1.165, 1.54) is 4.31 Å². The fourth-order valence-electron chi connectivity index (χ4n) is 3.13. The Morgan fingerprint density at radius 2 is 1.88 bits per heavy atom. The molecule has 0 aliphatic carbocycles. The average Bonchev–Trinajstić information content (AvgIpc) is 2.63. The molecule has 0 aromatic heterocycles. The van der Waals surface area contributed by atoms with Gasteiger partial charge in [-0.05, 0) is 31.9 Å². The number of benzene rings is 1. The number of ether oxygens (including phenoxy) is 1. The highest BCUT2D eigenvalue weighted by atomic mass is 35.5. The maximum absolute atomic E-state index is 12.7. The molecule has 1 amide bonds. The van der Waals surface area contributed by atoms with Crippen molar-refractivity contribution in [2.75, 3.05) is 32.8 Å². The predicted octanol–water partition coefficient (Wildman–Crippen LogP) is 0.675. The van der Waals surface area contributed by atoms with Crippen molar-refractivity contribution in [3.05, 3.63) is 29.8 Å². The van der Waals surface area contributed by atoms with Crippen LogP contribution in [0.15, 0.2) is 29.2 Å². The summed E-state index contributed by atoms with van der Waals surface area (Å²) in [6.07, 6.45) is 0.761. The molecule has 1 aromatic carbocycles. The summed E-state index contributed by atoms with van der Waals surface area (Å²) in [4.78, 5) is 12.5. The fraction of sp³-hybridized carbons (Fsp3) is 0.588. The van der Waals surface area contributed by atoms with Gasteiger partial charge in [0.15, 0.2) is 0 Å². The fourth-order valence-corrected chi connectivity index (χ4v) is 4.60. The number of rotatable bonds is 4. The van der Waals surface area contributed by atoms with Crippen LogP contribution in [-0.2, 0) is 19.6 Å². The Morgan fingerprint density at radius 3 is 2.46 bits per heavy atom. The van der Waals surface area contributed by atoms with Gasteiger partial charge in [0, 0.05) is 32.2 Å². The van der Waals surface area contributed by atoms with Crippen LogP contribution in [0, 0.1) is 6.92 Å². The van der Waals surface area contributed by atoms with Crippen LogP contribution in [-0.4, -0.2) is 63.6 Å². The van der Waals surface area contributed by atoms with E-state index in [4.69, 9.17) is 4.74 Å². The molecule has 2 aliphatic rings. The van der Waals surface area contributed by atoms with E-state index in [0.29, 0.717) is 44.0 Å². The standard InChI is InChI=1S/C17H25N3O4S.ClH/c1-13-2-4-15(5-3-13)25(22,23)20-9-6-14(7-10-20)19-17(21)16-12-18-8-11-24-16;/h2-5,14,16,18H,6-12H2,1H3,(H,19,21);1H. The van der Waals surface area contributed by atoms with Crippen molar-refractivity contribution in [1.82, 2.24) is 14.9 Å². The van der Waals surface area contributed by atoms with Gasteiger partial charge in [-0.2, -0.15) is 4.31 Å². The van der Waals surface area contributed by atoms with Crippen molar-refractivity contribution in [3.8, 4) is 0 Å². The average molecular weight is 404 g/mol. The molecule has 26 heavy (non-hydrogen) atoms. The largest absolute Gasteiger partial charge is 0.366 e. The topological polar surface area (TPSA) is 87.7 Å². The number of hydrogen-bond acceptors (Lipinski definition) is 5. The molecule has 7 nitrogen and oxygen atoms in total. The number of piperidine rings is 1. The number of nitrogens with one attached hydrogen (secondary N) is 2. The van der Waals surface area contributed by atoms with Crippen molar-refractivity contribution in [2.24, 2.45) is 0 Å². The van der Waals surface area contributed by atoms with Gasteiger partial charge in [0.2, 0.25) is 10.0 Å². The second-order valence-corrected chi connectivity index (χ2v) is 8.50. The number of morpholine rings is 1. The maximum Gasteiger partial charge on any atom is 0.250 e. The van der Waals surface area contributed by atoms with E-state index in [9.17, 15) is 13.2 Å². The Kier molecular flexibility index (Phi) is 7.42. The van der Waals surface area contributed by atoms with Gasteiger partial charge in [0.1, 0.15) is 6.10 Å². The molecule has 3 rings (SSSR count). The van der Waals surface area contributed by atoms with Gasteiger partial charge < -0.3 is 15.4 Å². The quantitative estimate of drug-likeness (QED) is 0.771. The van der Waals surface area contributed by atoms with Gasteiger partial charge in [0.25, 0.3) is 5.91 Å². The number of halogens is 1. The molecule has 1 aromatic rings. The third-order valence-corrected chi connectivity index (χ3v) is 6.59. The zero-order valence-electron chi connectivity index (χ0n) is 14.8. The van der Waals surface area contributed by atoms with Crippen LogP contribution in [0.4, 0.5) is 0 Å². The molecular weight excluding hydrogens is 378 g/mol. The molecule has 9 heteroatoms. The number of nitrogens with zero attached hydrogens (tertiary/aromatic N) is 1. The van der Waals surface area contributed by atoms with Crippen LogP contribution in [0.5, 0.6) is 0 Å². The third-order valence-electron chi connectivity index (χ3n) is 4.68. The lowest BCUT2D eigenvalue weighted by Gasteiger charge is -2.33. The molecule has 0 bridgehead atoms.